The van der Waals surface area contributed by atoms with E-state index in [2.05, 4.69) is 29.7 Å². The lowest BCUT2D eigenvalue weighted by Gasteiger charge is -2.12. The first-order valence-corrected chi connectivity index (χ1v) is 8.36. The highest BCUT2D eigenvalue weighted by Gasteiger charge is 2.27. The van der Waals surface area contributed by atoms with Gasteiger partial charge in [-0.05, 0) is 36.3 Å². The first kappa shape index (κ1) is 15.5. The van der Waals surface area contributed by atoms with Crippen molar-refractivity contribution in [2.45, 2.75) is 18.8 Å². The van der Waals surface area contributed by atoms with Crippen LogP contribution in [-0.4, -0.2) is 16.5 Å². The lowest BCUT2D eigenvalue weighted by molar-refractivity contribution is -0.116. The smallest absolute Gasteiger partial charge is 0.260 e. The minimum Gasteiger partial charge on any atom is -0.507 e. The second-order valence-corrected chi connectivity index (χ2v) is 6.38. The standard InChI is InChI=1S/C18H18N2O2S/c1-2-12-7-9-14(10-8-12)19-18-20-17(22)16(23-18)11-13-5-3-4-6-15(13)21/h3-11,18-19,21H,2H2,1H3,(H,20,22)/b16-11-. The van der Waals surface area contributed by atoms with Gasteiger partial charge in [0, 0.05) is 11.3 Å². The van der Waals surface area contributed by atoms with Gasteiger partial charge in [-0.15, -0.1) is 0 Å². The van der Waals surface area contributed by atoms with Crippen molar-refractivity contribution in [3.63, 3.8) is 0 Å². The molecule has 3 rings (SSSR count). The van der Waals surface area contributed by atoms with Crippen molar-refractivity contribution in [2.24, 2.45) is 0 Å². The van der Waals surface area contributed by atoms with E-state index in [4.69, 9.17) is 0 Å². The molecule has 1 saturated heterocycles. The van der Waals surface area contributed by atoms with Gasteiger partial charge < -0.3 is 15.7 Å². The van der Waals surface area contributed by atoms with Gasteiger partial charge >= 0.3 is 0 Å². The van der Waals surface area contributed by atoms with Crippen LogP contribution in [0.5, 0.6) is 5.75 Å². The van der Waals surface area contributed by atoms with E-state index in [0.717, 1.165) is 12.1 Å². The Hall–Kier alpha value is -2.40. The number of thioether (sulfide) groups is 1. The van der Waals surface area contributed by atoms with Crippen LogP contribution in [0.3, 0.4) is 0 Å². The molecule has 1 heterocycles. The number of amides is 1. The summed E-state index contributed by atoms with van der Waals surface area (Å²) in [7, 11) is 0. The van der Waals surface area contributed by atoms with E-state index >= 15 is 0 Å². The van der Waals surface area contributed by atoms with Crippen molar-refractivity contribution < 1.29 is 9.90 Å². The molecule has 0 spiro atoms. The highest BCUT2D eigenvalue weighted by molar-refractivity contribution is 8.05. The minimum atomic E-state index is -0.216. The van der Waals surface area contributed by atoms with E-state index in [1.54, 1.807) is 24.3 Å². The zero-order chi connectivity index (χ0) is 16.2. The summed E-state index contributed by atoms with van der Waals surface area (Å²) >= 11 is 1.41. The van der Waals surface area contributed by atoms with Crippen molar-refractivity contribution in [1.29, 1.82) is 0 Å². The number of carbonyl (C=O) groups excluding carboxylic acids is 1. The Labute approximate surface area is 139 Å². The Kier molecular flexibility index (Phi) is 4.57. The largest absolute Gasteiger partial charge is 0.507 e. The normalized spacial score (nSPS) is 18.9. The maximum absolute atomic E-state index is 12.1. The number of aromatic hydroxyl groups is 1. The maximum atomic E-state index is 12.1. The highest BCUT2D eigenvalue weighted by Crippen LogP contribution is 2.31. The predicted octanol–water partition coefficient (Wildman–Crippen LogP) is 3.55. The number of hydrogen-bond acceptors (Lipinski definition) is 4. The number of anilines is 1. The van der Waals surface area contributed by atoms with E-state index in [1.807, 2.05) is 18.2 Å². The third-order valence-corrected chi connectivity index (χ3v) is 4.64. The van der Waals surface area contributed by atoms with E-state index in [0.29, 0.717) is 10.5 Å². The average Bonchev–Trinajstić information content (AvgIpc) is 2.90. The first-order valence-electron chi connectivity index (χ1n) is 7.48. The summed E-state index contributed by atoms with van der Waals surface area (Å²) in [5, 5.41) is 16.0. The summed E-state index contributed by atoms with van der Waals surface area (Å²) in [6.45, 7) is 2.12. The Balaban J connectivity index is 1.70. The zero-order valence-corrected chi connectivity index (χ0v) is 13.6. The Morgan fingerprint density at radius 3 is 2.65 bits per heavy atom. The highest BCUT2D eigenvalue weighted by atomic mass is 32.2. The lowest BCUT2D eigenvalue weighted by Crippen LogP contribution is -2.30. The monoisotopic (exact) mass is 326 g/mol. The molecule has 0 radical (unpaired) electrons. The summed E-state index contributed by atoms with van der Waals surface area (Å²) < 4.78 is 0. The van der Waals surface area contributed by atoms with E-state index in [9.17, 15) is 9.90 Å². The summed E-state index contributed by atoms with van der Waals surface area (Å²) in [5.74, 6) is 0.0286. The van der Waals surface area contributed by atoms with E-state index in [1.165, 1.54) is 17.3 Å². The molecular formula is C18H18N2O2S. The molecule has 4 nitrogen and oxygen atoms in total. The molecular weight excluding hydrogens is 308 g/mol. The Bertz CT molecular complexity index is 741. The van der Waals surface area contributed by atoms with Gasteiger partial charge in [0.2, 0.25) is 0 Å². The fourth-order valence-electron chi connectivity index (χ4n) is 2.30. The molecule has 1 aliphatic heterocycles. The van der Waals surface area contributed by atoms with Crippen molar-refractivity contribution in [2.75, 3.05) is 5.32 Å². The topological polar surface area (TPSA) is 61.4 Å². The molecule has 0 bridgehead atoms. The fourth-order valence-corrected chi connectivity index (χ4v) is 3.28. The van der Waals surface area contributed by atoms with Gasteiger partial charge in [-0.3, -0.25) is 4.79 Å². The molecule has 1 aliphatic rings. The molecule has 0 aromatic heterocycles. The van der Waals surface area contributed by atoms with Crippen molar-refractivity contribution >= 4 is 29.4 Å². The van der Waals surface area contributed by atoms with Gasteiger partial charge in [0.15, 0.2) is 5.50 Å². The number of nitrogens with one attached hydrogen (secondary N) is 2. The van der Waals surface area contributed by atoms with Gasteiger partial charge in [-0.1, -0.05) is 49.0 Å². The van der Waals surface area contributed by atoms with Crippen LogP contribution in [0.25, 0.3) is 6.08 Å². The van der Waals surface area contributed by atoms with E-state index < -0.39 is 0 Å². The summed E-state index contributed by atoms with van der Waals surface area (Å²) in [6, 6.07) is 15.1. The molecule has 2 aromatic carbocycles. The number of phenols is 1. The molecule has 0 saturated carbocycles. The van der Waals surface area contributed by atoms with Crippen LogP contribution in [-0.2, 0) is 11.2 Å². The van der Waals surface area contributed by atoms with Gasteiger partial charge in [-0.25, -0.2) is 0 Å². The zero-order valence-electron chi connectivity index (χ0n) is 12.7. The average molecular weight is 326 g/mol. The predicted molar refractivity (Wildman–Crippen MR) is 95.0 cm³/mol. The van der Waals surface area contributed by atoms with Crippen LogP contribution in [0.1, 0.15) is 18.1 Å². The van der Waals surface area contributed by atoms with Crippen molar-refractivity contribution in [1.82, 2.24) is 5.32 Å². The minimum absolute atomic E-state index is 0.138. The van der Waals surface area contributed by atoms with Crippen LogP contribution < -0.4 is 10.6 Å². The Morgan fingerprint density at radius 2 is 1.96 bits per heavy atom. The van der Waals surface area contributed by atoms with Gasteiger partial charge in [-0.2, -0.15) is 0 Å². The maximum Gasteiger partial charge on any atom is 0.260 e. The van der Waals surface area contributed by atoms with E-state index in [-0.39, 0.29) is 17.2 Å². The fraction of sp³-hybridized carbons (Fsp3) is 0.167. The lowest BCUT2D eigenvalue weighted by atomic mass is 10.1. The Morgan fingerprint density at radius 1 is 1.22 bits per heavy atom. The quantitative estimate of drug-likeness (QED) is 0.752. The summed E-state index contributed by atoms with van der Waals surface area (Å²) in [6.07, 6.45) is 2.71. The second-order valence-electron chi connectivity index (χ2n) is 5.23. The van der Waals surface area contributed by atoms with Crippen molar-refractivity contribution in [3.05, 3.63) is 64.6 Å². The molecule has 118 valence electrons. The third-order valence-electron chi connectivity index (χ3n) is 3.61. The number of para-hydroxylation sites is 1. The van der Waals surface area contributed by atoms with Crippen LogP contribution in [0.2, 0.25) is 0 Å². The first-order chi connectivity index (χ1) is 11.2. The number of hydrogen-bond donors (Lipinski definition) is 3. The van der Waals surface area contributed by atoms with Gasteiger partial charge in [0.25, 0.3) is 5.91 Å². The number of carbonyl (C=O) groups is 1. The van der Waals surface area contributed by atoms with Crippen molar-refractivity contribution in [3.8, 4) is 5.75 Å². The van der Waals surface area contributed by atoms with Crippen LogP contribution >= 0.6 is 11.8 Å². The molecule has 1 atom stereocenters. The molecule has 3 N–H and O–H groups in total. The van der Waals surface area contributed by atoms with Crippen LogP contribution in [0, 0.1) is 0 Å². The molecule has 1 amide bonds. The molecule has 2 aromatic rings. The summed E-state index contributed by atoms with van der Waals surface area (Å²) in [5.41, 5.74) is 2.66. The third kappa shape index (κ3) is 3.68. The van der Waals surface area contributed by atoms with Gasteiger partial charge in [0.05, 0.1) is 4.91 Å². The molecule has 23 heavy (non-hydrogen) atoms. The number of rotatable bonds is 4. The second kappa shape index (κ2) is 6.79. The molecule has 1 unspecified atom stereocenters. The SMILES string of the molecule is CCc1ccc(NC2NC(=O)/C(=C/c3ccccc3O)S2)cc1. The van der Waals surface area contributed by atoms with Gasteiger partial charge in [0.1, 0.15) is 5.75 Å². The number of aryl methyl sites for hydroxylation is 1. The molecule has 0 aliphatic carbocycles. The van der Waals surface area contributed by atoms with Crippen LogP contribution in [0.4, 0.5) is 5.69 Å². The number of phenolic OH excluding ortho intramolecular Hbond substituents is 1. The van der Waals surface area contributed by atoms with Crippen LogP contribution in [0.15, 0.2) is 53.4 Å². The summed E-state index contributed by atoms with van der Waals surface area (Å²) in [4.78, 5) is 12.6. The molecule has 1 fully saturated rings. The molecule has 5 heteroatoms. The number of benzene rings is 2.